The number of fused-ring (bicyclic) bond motifs is 1. The maximum atomic E-state index is 14.5. The summed E-state index contributed by atoms with van der Waals surface area (Å²) >= 11 is 0. The molecule has 0 bridgehead atoms. The van der Waals surface area contributed by atoms with E-state index in [-0.39, 0.29) is 28.7 Å². The Labute approximate surface area is 252 Å². The summed E-state index contributed by atoms with van der Waals surface area (Å²) in [5.41, 5.74) is 3.34. The highest BCUT2D eigenvalue weighted by molar-refractivity contribution is 6.74. The van der Waals surface area contributed by atoms with E-state index in [0.29, 0.717) is 37.0 Å². The lowest BCUT2D eigenvalue weighted by Crippen LogP contribution is -2.55. The SMILES string of the molecule is COc1cc(C=C2CC[C@@H]3C[C@H](O[Si](C)(C)C(C)(C)C)C[C@@H](c4cc(F)c(F)c(F)c4)N3C2=O)ccc1-n1cnc(C)c1. The smallest absolute Gasteiger partial charge is 0.250 e. The number of halogens is 3. The zero-order valence-electron chi connectivity index (χ0n) is 25.9. The van der Waals surface area contributed by atoms with Gasteiger partial charge in [-0.15, -0.1) is 0 Å². The second kappa shape index (κ2) is 11.6. The monoisotopic (exact) mass is 611 g/mol. The minimum absolute atomic E-state index is 0.0285. The Hall–Kier alpha value is -3.37. The molecule has 1 aromatic heterocycles. The Morgan fingerprint density at radius 2 is 1.77 bits per heavy atom. The van der Waals surface area contributed by atoms with E-state index in [2.05, 4.69) is 38.8 Å². The number of hydrogen-bond acceptors (Lipinski definition) is 4. The number of methoxy groups -OCH3 is 1. The Kier molecular flexibility index (Phi) is 8.39. The van der Waals surface area contributed by atoms with Crippen molar-refractivity contribution in [2.24, 2.45) is 0 Å². The zero-order chi connectivity index (χ0) is 31.3. The van der Waals surface area contributed by atoms with Gasteiger partial charge in [0.1, 0.15) is 5.75 Å². The molecule has 43 heavy (non-hydrogen) atoms. The zero-order valence-corrected chi connectivity index (χ0v) is 26.9. The van der Waals surface area contributed by atoms with E-state index in [4.69, 9.17) is 9.16 Å². The van der Waals surface area contributed by atoms with Crippen LogP contribution in [0.25, 0.3) is 11.8 Å². The molecule has 0 saturated carbocycles. The molecular weight excluding hydrogens is 571 g/mol. The topological polar surface area (TPSA) is 56.6 Å². The molecule has 0 N–H and O–H groups in total. The number of aryl methyl sites for hydroxylation is 1. The minimum atomic E-state index is -2.17. The van der Waals surface area contributed by atoms with Crippen LogP contribution in [0.5, 0.6) is 5.75 Å². The van der Waals surface area contributed by atoms with Crippen LogP contribution in [0, 0.1) is 24.4 Å². The molecule has 1 amide bonds. The predicted octanol–water partition coefficient (Wildman–Crippen LogP) is 7.91. The van der Waals surface area contributed by atoms with Gasteiger partial charge in [0, 0.05) is 23.9 Å². The van der Waals surface area contributed by atoms with E-state index in [9.17, 15) is 18.0 Å². The number of amides is 1. The highest BCUT2D eigenvalue weighted by Gasteiger charge is 2.46. The molecule has 0 unspecified atom stereocenters. The second-order valence-electron chi connectivity index (χ2n) is 13.2. The third-order valence-electron chi connectivity index (χ3n) is 9.20. The molecular formula is C33H40F3N3O3Si. The van der Waals surface area contributed by atoms with Crippen LogP contribution in [0.4, 0.5) is 13.2 Å². The van der Waals surface area contributed by atoms with Crippen LogP contribution in [0.1, 0.15) is 69.3 Å². The normalized spacial score (nSPS) is 22.2. The summed E-state index contributed by atoms with van der Waals surface area (Å²) in [4.78, 5) is 20.1. The van der Waals surface area contributed by atoms with Gasteiger partial charge < -0.3 is 18.6 Å². The third-order valence-corrected chi connectivity index (χ3v) is 13.7. The summed E-state index contributed by atoms with van der Waals surface area (Å²) < 4.78 is 57.2. The molecule has 0 spiro atoms. The number of rotatable bonds is 6. The molecule has 0 aliphatic carbocycles. The Bertz CT molecular complexity index is 1540. The molecule has 6 nitrogen and oxygen atoms in total. The van der Waals surface area contributed by atoms with Gasteiger partial charge in [-0.1, -0.05) is 26.8 Å². The van der Waals surface area contributed by atoms with Gasteiger partial charge in [-0.25, -0.2) is 18.2 Å². The first kappa shape index (κ1) is 31.1. The molecule has 2 aromatic carbocycles. The van der Waals surface area contributed by atoms with E-state index in [0.717, 1.165) is 29.1 Å². The van der Waals surface area contributed by atoms with Gasteiger partial charge in [0.2, 0.25) is 0 Å². The Morgan fingerprint density at radius 3 is 2.37 bits per heavy atom. The molecule has 10 heteroatoms. The van der Waals surface area contributed by atoms with Crippen molar-refractivity contribution in [3.63, 3.8) is 0 Å². The van der Waals surface area contributed by atoms with Crippen molar-refractivity contribution in [2.75, 3.05) is 7.11 Å². The molecule has 5 rings (SSSR count). The Morgan fingerprint density at radius 1 is 1.07 bits per heavy atom. The first-order valence-electron chi connectivity index (χ1n) is 14.7. The number of piperidine rings is 2. The number of benzene rings is 2. The first-order chi connectivity index (χ1) is 20.2. The summed E-state index contributed by atoms with van der Waals surface area (Å²) in [5.74, 6) is -3.60. The van der Waals surface area contributed by atoms with Crippen LogP contribution in [0.2, 0.25) is 18.1 Å². The molecule has 0 radical (unpaired) electrons. The standard InChI is InChI=1S/C33H40F3N3O3Si/c1-20-18-38(19-37-20)28-11-8-21(13-30(28)41-5)12-22-9-10-24-16-25(42-43(6,7)33(2,3)4)17-29(39(24)32(22)40)23-14-26(34)31(36)27(35)15-23/h8,11-15,18-19,24-25,29H,9-10,16-17H2,1-7H3/t24-,25+,29+/m1/s1. The summed E-state index contributed by atoms with van der Waals surface area (Å²) in [6, 6.07) is 6.91. The molecule has 3 heterocycles. The van der Waals surface area contributed by atoms with E-state index in [1.165, 1.54) is 0 Å². The van der Waals surface area contributed by atoms with Crippen molar-refractivity contribution in [2.45, 2.75) is 89.7 Å². The number of nitrogens with zero attached hydrogens (tertiary/aromatic N) is 3. The fourth-order valence-electron chi connectivity index (χ4n) is 5.93. The van der Waals surface area contributed by atoms with Crippen LogP contribution in [0.15, 0.2) is 48.4 Å². The second-order valence-corrected chi connectivity index (χ2v) is 18.0. The molecule has 3 aromatic rings. The third kappa shape index (κ3) is 6.17. The summed E-state index contributed by atoms with van der Waals surface area (Å²) in [6.45, 7) is 12.7. The van der Waals surface area contributed by atoms with Crippen LogP contribution in [0.3, 0.4) is 0 Å². The van der Waals surface area contributed by atoms with Crippen molar-refractivity contribution < 1.29 is 27.1 Å². The molecule has 3 atom stereocenters. The van der Waals surface area contributed by atoms with Gasteiger partial charge in [0.05, 0.1) is 30.9 Å². The van der Waals surface area contributed by atoms with Crippen LogP contribution in [-0.2, 0) is 9.22 Å². The Balaban J connectivity index is 1.48. The number of imidazole rings is 1. The summed E-state index contributed by atoms with van der Waals surface area (Å²) in [5, 5.41) is -0.0285. The van der Waals surface area contributed by atoms with Gasteiger partial charge >= 0.3 is 0 Å². The van der Waals surface area contributed by atoms with Gasteiger partial charge in [0.15, 0.2) is 25.8 Å². The molecule has 2 fully saturated rings. The first-order valence-corrected chi connectivity index (χ1v) is 17.6. The van der Waals surface area contributed by atoms with Gasteiger partial charge in [-0.05, 0) is 92.2 Å². The quantitative estimate of drug-likeness (QED) is 0.162. The lowest BCUT2D eigenvalue weighted by molar-refractivity contribution is -0.139. The summed E-state index contributed by atoms with van der Waals surface area (Å²) in [7, 11) is -0.574. The average molecular weight is 612 g/mol. The number of ether oxygens (including phenoxy) is 1. The molecule has 230 valence electrons. The highest BCUT2D eigenvalue weighted by atomic mass is 28.4. The van der Waals surface area contributed by atoms with Crippen LogP contribution < -0.4 is 4.74 Å². The lowest BCUT2D eigenvalue weighted by atomic mass is 9.82. The summed E-state index contributed by atoms with van der Waals surface area (Å²) in [6.07, 6.45) is 7.53. The number of carbonyl (C=O) groups is 1. The van der Waals surface area contributed by atoms with E-state index in [1.54, 1.807) is 18.3 Å². The molecule has 2 saturated heterocycles. The molecule has 2 aliphatic heterocycles. The maximum absolute atomic E-state index is 14.5. The fourth-order valence-corrected chi connectivity index (χ4v) is 7.31. The van der Waals surface area contributed by atoms with Crippen LogP contribution in [-0.4, -0.2) is 47.9 Å². The number of carbonyl (C=O) groups excluding carboxylic acids is 1. The van der Waals surface area contributed by atoms with E-state index in [1.807, 2.05) is 42.0 Å². The van der Waals surface area contributed by atoms with Crippen molar-refractivity contribution >= 4 is 20.3 Å². The highest BCUT2D eigenvalue weighted by Crippen LogP contribution is 2.45. The largest absolute Gasteiger partial charge is 0.495 e. The van der Waals surface area contributed by atoms with Gasteiger partial charge in [0.25, 0.3) is 5.91 Å². The van der Waals surface area contributed by atoms with E-state index < -0.39 is 31.8 Å². The fraction of sp³-hybridized carbons (Fsp3) is 0.455. The van der Waals surface area contributed by atoms with Crippen molar-refractivity contribution in [3.8, 4) is 11.4 Å². The van der Waals surface area contributed by atoms with Gasteiger partial charge in [-0.3, -0.25) is 4.79 Å². The minimum Gasteiger partial charge on any atom is -0.495 e. The molecule has 2 aliphatic rings. The van der Waals surface area contributed by atoms with E-state index >= 15 is 0 Å². The lowest BCUT2D eigenvalue weighted by Gasteiger charge is -2.50. The van der Waals surface area contributed by atoms with Crippen molar-refractivity contribution in [3.05, 3.63) is 82.7 Å². The predicted molar refractivity (Wildman–Crippen MR) is 163 cm³/mol. The van der Waals surface area contributed by atoms with Crippen molar-refractivity contribution in [1.29, 1.82) is 0 Å². The maximum Gasteiger partial charge on any atom is 0.250 e. The van der Waals surface area contributed by atoms with Gasteiger partial charge in [-0.2, -0.15) is 0 Å². The van der Waals surface area contributed by atoms with Crippen molar-refractivity contribution in [1.82, 2.24) is 14.5 Å². The van der Waals surface area contributed by atoms with Crippen LogP contribution >= 0.6 is 0 Å². The number of aromatic nitrogens is 2. The number of hydrogen-bond donors (Lipinski definition) is 0. The average Bonchev–Trinajstić information content (AvgIpc) is 3.37.